The van der Waals surface area contributed by atoms with Crippen molar-refractivity contribution in [3.8, 4) is 5.75 Å². The Labute approximate surface area is 104 Å². The number of rotatable bonds is 2. The third-order valence-electron chi connectivity index (χ3n) is 2.90. The van der Waals surface area contributed by atoms with Crippen LogP contribution < -0.4 is 4.74 Å². The van der Waals surface area contributed by atoms with Crippen LogP contribution in [0.1, 0.15) is 25.5 Å². The van der Waals surface area contributed by atoms with Crippen LogP contribution in [0.5, 0.6) is 5.75 Å². The predicted octanol–water partition coefficient (Wildman–Crippen LogP) is 4.30. The lowest BCUT2D eigenvalue weighted by Crippen LogP contribution is -2.00. The molecular weight excluding hydrogens is 266 g/mol. The second-order valence-electron chi connectivity index (χ2n) is 4.23. The molecule has 2 rings (SSSR count). The molecule has 0 atom stereocenters. The minimum atomic E-state index is 0.428. The molecule has 0 spiro atoms. The Bertz CT molecular complexity index is 528. The first-order valence-corrected chi connectivity index (χ1v) is 6.20. The standard InChI is InChI=1S/C13H16BrNO/c1-8(2)15-10-6-5-7-11(16-4)12(10)9(3)13(15)14/h5-8H,1-4H3. The van der Waals surface area contributed by atoms with Crippen LogP contribution in [0.15, 0.2) is 22.8 Å². The smallest absolute Gasteiger partial charge is 0.128 e. The molecule has 0 saturated heterocycles. The first-order chi connectivity index (χ1) is 7.57. The lowest BCUT2D eigenvalue weighted by Gasteiger charge is -2.11. The fourth-order valence-electron chi connectivity index (χ4n) is 2.16. The lowest BCUT2D eigenvalue weighted by atomic mass is 10.2. The van der Waals surface area contributed by atoms with Crippen LogP contribution in [-0.4, -0.2) is 11.7 Å². The Kier molecular flexibility index (Phi) is 2.98. The van der Waals surface area contributed by atoms with E-state index in [-0.39, 0.29) is 0 Å². The molecule has 0 bridgehead atoms. The zero-order valence-corrected chi connectivity index (χ0v) is 11.6. The summed E-state index contributed by atoms with van der Waals surface area (Å²) in [6, 6.07) is 6.60. The van der Waals surface area contributed by atoms with Crippen molar-refractivity contribution in [3.05, 3.63) is 28.4 Å². The lowest BCUT2D eigenvalue weighted by molar-refractivity contribution is 0.419. The molecule has 0 fully saturated rings. The number of aryl methyl sites for hydroxylation is 1. The highest BCUT2D eigenvalue weighted by atomic mass is 79.9. The quantitative estimate of drug-likeness (QED) is 0.801. The average Bonchev–Trinajstić information content (AvgIpc) is 2.51. The highest BCUT2D eigenvalue weighted by Crippen LogP contribution is 2.37. The summed E-state index contributed by atoms with van der Waals surface area (Å²) < 4.78 is 8.85. The number of hydrogen-bond acceptors (Lipinski definition) is 1. The van der Waals surface area contributed by atoms with Gasteiger partial charge in [0, 0.05) is 11.4 Å². The molecule has 0 unspecified atom stereocenters. The SMILES string of the molecule is COc1cccc2c1c(C)c(Br)n2C(C)C. The number of methoxy groups -OCH3 is 1. The first-order valence-electron chi connectivity index (χ1n) is 5.41. The normalized spacial score (nSPS) is 11.4. The van der Waals surface area contributed by atoms with E-state index < -0.39 is 0 Å². The fraction of sp³-hybridized carbons (Fsp3) is 0.385. The molecule has 0 N–H and O–H groups in total. The van der Waals surface area contributed by atoms with Gasteiger partial charge in [0.15, 0.2) is 0 Å². The number of benzene rings is 1. The van der Waals surface area contributed by atoms with Crippen molar-refractivity contribution in [3.63, 3.8) is 0 Å². The molecule has 0 amide bonds. The van der Waals surface area contributed by atoms with Crippen molar-refractivity contribution in [2.24, 2.45) is 0 Å². The zero-order chi connectivity index (χ0) is 11.9. The fourth-order valence-corrected chi connectivity index (χ4v) is 2.96. The summed E-state index contributed by atoms with van der Waals surface area (Å²) in [5.74, 6) is 0.940. The molecule has 0 saturated carbocycles. The van der Waals surface area contributed by atoms with Crippen molar-refractivity contribution in [1.82, 2.24) is 4.57 Å². The molecule has 16 heavy (non-hydrogen) atoms. The van der Waals surface area contributed by atoms with Crippen LogP contribution in [0.2, 0.25) is 0 Å². The molecule has 0 aliphatic rings. The van der Waals surface area contributed by atoms with Gasteiger partial charge in [0.2, 0.25) is 0 Å². The van der Waals surface area contributed by atoms with E-state index in [0.717, 1.165) is 10.4 Å². The summed E-state index contributed by atoms with van der Waals surface area (Å²) in [5.41, 5.74) is 2.46. The summed E-state index contributed by atoms with van der Waals surface area (Å²) in [7, 11) is 1.72. The van der Waals surface area contributed by atoms with Gasteiger partial charge in [0.1, 0.15) is 5.75 Å². The average molecular weight is 282 g/mol. The van der Waals surface area contributed by atoms with Crippen molar-refractivity contribution >= 4 is 26.8 Å². The zero-order valence-electron chi connectivity index (χ0n) is 10.0. The highest BCUT2D eigenvalue weighted by molar-refractivity contribution is 9.10. The summed E-state index contributed by atoms with van der Waals surface area (Å²) in [6.45, 7) is 6.49. The monoisotopic (exact) mass is 281 g/mol. The molecule has 2 aromatic rings. The van der Waals surface area contributed by atoms with Gasteiger partial charge in [0.25, 0.3) is 0 Å². The summed E-state index contributed by atoms with van der Waals surface area (Å²) >= 11 is 3.66. The van der Waals surface area contributed by atoms with Gasteiger partial charge >= 0.3 is 0 Å². The Morgan fingerprint density at radius 1 is 1.31 bits per heavy atom. The Balaban J connectivity index is 2.89. The van der Waals surface area contributed by atoms with Gasteiger partial charge in [-0.25, -0.2) is 0 Å². The van der Waals surface area contributed by atoms with E-state index in [0.29, 0.717) is 6.04 Å². The molecular formula is C13H16BrNO. The molecule has 0 radical (unpaired) electrons. The molecule has 0 aliphatic heterocycles. The number of hydrogen-bond donors (Lipinski definition) is 0. The van der Waals surface area contributed by atoms with E-state index in [1.807, 2.05) is 12.1 Å². The summed E-state index contributed by atoms with van der Waals surface area (Å²) in [6.07, 6.45) is 0. The molecule has 1 aromatic heterocycles. The van der Waals surface area contributed by atoms with E-state index in [1.165, 1.54) is 16.5 Å². The van der Waals surface area contributed by atoms with E-state index in [2.05, 4.69) is 47.3 Å². The van der Waals surface area contributed by atoms with Gasteiger partial charge in [-0.1, -0.05) is 6.07 Å². The number of nitrogens with zero attached hydrogens (tertiary/aromatic N) is 1. The summed E-state index contributed by atoms with van der Waals surface area (Å²) in [4.78, 5) is 0. The molecule has 3 heteroatoms. The number of halogens is 1. The van der Waals surface area contributed by atoms with E-state index in [4.69, 9.17) is 4.74 Å². The van der Waals surface area contributed by atoms with Crippen molar-refractivity contribution in [2.45, 2.75) is 26.8 Å². The van der Waals surface area contributed by atoms with Gasteiger partial charge in [-0.15, -0.1) is 0 Å². The molecule has 0 aliphatic carbocycles. The Morgan fingerprint density at radius 3 is 2.56 bits per heavy atom. The largest absolute Gasteiger partial charge is 0.496 e. The molecule has 86 valence electrons. The summed E-state index contributed by atoms with van der Waals surface area (Å²) in [5, 5.41) is 1.20. The minimum absolute atomic E-state index is 0.428. The topological polar surface area (TPSA) is 14.2 Å². The molecule has 1 heterocycles. The molecule has 2 nitrogen and oxygen atoms in total. The maximum Gasteiger partial charge on any atom is 0.128 e. The van der Waals surface area contributed by atoms with Crippen molar-refractivity contribution in [1.29, 1.82) is 0 Å². The van der Waals surface area contributed by atoms with Gasteiger partial charge in [-0.2, -0.15) is 0 Å². The van der Waals surface area contributed by atoms with E-state index in [1.54, 1.807) is 7.11 Å². The van der Waals surface area contributed by atoms with Gasteiger partial charge < -0.3 is 9.30 Å². The van der Waals surface area contributed by atoms with Gasteiger partial charge in [-0.3, -0.25) is 0 Å². The van der Waals surface area contributed by atoms with Crippen LogP contribution in [0.4, 0.5) is 0 Å². The van der Waals surface area contributed by atoms with Crippen LogP contribution in [0, 0.1) is 6.92 Å². The maximum atomic E-state index is 5.42. The van der Waals surface area contributed by atoms with Crippen LogP contribution in [-0.2, 0) is 0 Å². The maximum absolute atomic E-state index is 5.42. The van der Waals surface area contributed by atoms with Crippen LogP contribution in [0.3, 0.4) is 0 Å². The van der Waals surface area contributed by atoms with Gasteiger partial charge in [0.05, 0.1) is 17.2 Å². The first kappa shape index (κ1) is 11.5. The highest BCUT2D eigenvalue weighted by Gasteiger charge is 2.16. The second-order valence-corrected chi connectivity index (χ2v) is 4.99. The third kappa shape index (κ3) is 1.54. The van der Waals surface area contributed by atoms with Crippen LogP contribution in [0.25, 0.3) is 10.9 Å². The number of fused-ring (bicyclic) bond motifs is 1. The Hall–Kier alpha value is -0.960. The third-order valence-corrected chi connectivity index (χ3v) is 3.87. The van der Waals surface area contributed by atoms with Crippen molar-refractivity contribution < 1.29 is 4.74 Å². The number of ether oxygens (including phenoxy) is 1. The minimum Gasteiger partial charge on any atom is -0.496 e. The second kappa shape index (κ2) is 4.13. The predicted molar refractivity (Wildman–Crippen MR) is 71.3 cm³/mol. The van der Waals surface area contributed by atoms with Gasteiger partial charge in [-0.05, 0) is 54.4 Å². The number of aromatic nitrogens is 1. The molecule has 1 aromatic carbocycles. The van der Waals surface area contributed by atoms with E-state index in [9.17, 15) is 0 Å². The van der Waals surface area contributed by atoms with Crippen molar-refractivity contribution in [2.75, 3.05) is 7.11 Å². The van der Waals surface area contributed by atoms with E-state index >= 15 is 0 Å². The van der Waals surface area contributed by atoms with Crippen LogP contribution >= 0.6 is 15.9 Å². The Morgan fingerprint density at radius 2 is 2.00 bits per heavy atom.